The summed E-state index contributed by atoms with van der Waals surface area (Å²) in [5.41, 5.74) is -0.138. The second-order valence-corrected chi connectivity index (χ2v) is 5.65. The van der Waals surface area contributed by atoms with Crippen LogP contribution in [-0.4, -0.2) is 42.1 Å². The van der Waals surface area contributed by atoms with E-state index < -0.39 is 0 Å². The van der Waals surface area contributed by atoms with Crippen LogP contribution in [0.3, 0.4) is 0 Å². The number of likely N-dealkylation sites (tertiary alicyclic amines) is 1. The molecule has 2 saturated heterocycles. The van der Waals surface area contributed by atoms with Gasteiger partial charge in [0, 0.05) is 31.2 Å². The van der Waals surface area contributed by atoms with Crippen LogP contribution in [0.4, 0.5) is 4.79 Å². The van der Waals surface area contributed by atoms with Crippen LogP contribution in [0, 0.1) is 5.92 Å². The van der Waals surface area contributed by atoms with Crippen molar-refractivity contribution in [1.82, 2.24) is 15.5 Å². The van der Waals surface area contributed by atoms with Crippen molar-refractivity contribution in [1.29, 1.82) is 0 Å². The molecule has 0 aromatic rings. The van der Waals surface area contributed by atoms with Crippen molar-refractivity contribution in [2.24, 2.45) is 5.92 Å². The van der Waals surface area contributed by atoms with E-state index in [-0.39, 0.29) is 11.6 Å². The minimum absolute atomic E-state index is 0.0960. The molecule has 0 radical (unpaired) electrons. The quantitative estimate of drug-likeness (QED) is 0.622. The number of urea groups is 1. The summed E-state index contributed by atoms with van der Waals surface area (Å²) in [5.74, 6) is 0.677. The molecule has 2 N–H and O–H groups in total. The number of carbonyl (C=O) groups is 1. The lowest BCUT2D eigenvalue weighted by molar-refractivity contribution is 0.183. The Hall–Kier alpha value is -0.770. The molecule has 2 rings (SSSR count). The van der Waals surface area contributed by atoms with E-state index in [1.165, 1.54) is 0 Å². The lowest BCUT2D eigenvalue weighted by Crippen LogP contribution is -2.51. The number of nitrogens with zero attached hydrogens (tertiary/aromatic N) is 1. The molecule has 0 aliphatic carbocycles. The van der Waals surface area contributed by atoms with Gasteiger partial charge in [-0.05, 0) is 33.1 Å². The van der Waals surface area contributed by atoms with Gasteiger partial charge in [-0.2, -0.15) is 0 Å². The second-order valence-electron chi connectivity index (χ2n) is 5.65. The van der Waals surface area contributed by atoms with E-state index in [4.69, 9.17) is 0 Å². The first kappa shape index (κ1) is 10.7. The summed E-state index contributed by atoms with van der Waals surface area (Å²) in [4.78, 5) is 14.0. The highest BCUT2D eigenvalue weighted by Gasteiger charge is 2.40. The van der Waals surface area contributed by atoms with E-state index in [9.17, 15) is 4.79 Å². The summed E-state index contributed by atoms with van der Waals surface area (Å²) in [5, 5.41) is 6.38. The first-order chi connectivity index (χ1) is 6.97. The van der Waals surface area contributed by atoms with E-state index in [1.54, 1.807) is 0 Å². The number of rotatable bonds is 0. The Labute approximate surface area is 91.4 Å². The molecule has 4 nitrogen and oxygen atoms in total. The van der Waals surface area contributed by atoms with E-state index >= 15 is 0 Å². The third kappa shape index (κ3) is 2.25. The lowest BCUT2D eigenvalue weighted by Gasteiger charge is -2.29. The third-order valence-electron chi connectivity index (χ3n) is 3.19. The lowest BCUT2D eigenvalue weighted by atomic mass is 10.1. The molecule has 0 aromatic heterocycles. The molecule has 15 heavy (non-hydrogen) atoms. The van der Waals surface area contributed by atoms with Gasteiger partial charge in [0.2, 0.25) is 0 Å². The van der Waals surface area contributed by atoms with Crippen molar-refractivity contribution < 1.29 is 4.79 Å². The number of carbonyl (C=O) groups excluding carboxylic acids is 1. The van der Waals surface area contributed by atoms with Gasteiger partial charge in [-0.25, -0.2) is 4.79 Å². The van der Waals surface area contributed by atoms with Gasteiger partial charge in [-0.1, -0.05) is 0 Å². The standard InChI is InChI=1S/C11H21N3O/c1-11(2,3)13-10(15)14-5-4-8-6-12-7-9(8)14/h8-9,12H,4-7H2,1-3H3,(H,13,15)/t8-,9+/m1/s1. The van der Waals surface area contributed by atoms with Crippen LogP contribution < -0.4 is 10.6 Å². The van der Waals surface area contributed by atoms with E-state index in [0.717, 1.165) is 26.1 Å². The van der Waals surface area contributed by atoms with Crippen molar-refractivity contribution in [2.75, 3.05) is 19.6 Å². The average molecular weight is 211 g/mol. The highest BCUT2D eigenvalue weighted by atomic mass is 16.2. The van der Waals surface area contributed by atoms with Gasteiger partial charge in [-0.3, -0.25) is 0 Å². The van der Waals surface area contributed by atoms with Crippen LogP contribution in [0.25, 0.3) is 0 Å². The molecule has 2 aliphatic heterocycles. The third-order valence-corrected chi connectivity index (χ3v) is 3.19. The molecule has 0 spiro atoms. The fraction of sp³-hybridized carbons (Fsp3) is 0.909. The zero-order chi connectivity index (χ0) is 11.1. The Morgan fingerprint density at radius 3 is 2.80 bits per heavy atom. The number of hydrogen-bond acceptors (Lipinski definition) is 2. The average Bonchev–Trinajstić information content (AvgIpc) is 2.57. The summed E-state index contributed by atoms with van der Waals surface area (Å²) in [6.07, 6.45) is 1.15. The summed E-state index contributed by atoms with van der Waals surface area (Å²) in [6, 6.07) is 0.519. The van der Waals surface area contributed by atoms with Gasteiger partial charge in [-0.15, -0.1) is 0 Å². The number of fused-ring (bicyclic) bond motifs is 1. The summed E-state index contributed by atoms with van der Waals surface area (Å²) in [6.45, 7) is 9.01. The van der Waals surface area contributed by atoms with Gasteiger partial charge in [0.1, 0.15) is 0 Å². The molecule has 2 fully saturated rings. The Morgan fingerprint density at radius 1 is 1.40 bits per heavy atom. The smallest absolute Gasteiger partial charge is 0.318 e. The zero-order valence-corrected chi connectivity index (χ0v) is 9.84. The van der Waals surface area contributed by atoms with Crippen LogP contribution in [0.15, 0.2) is 0 Å². The molecule has 4 heteroatoms. The maximum atomic E-state index is 12.0. The van der Waals surface area contributed by atoms with E-state index in [2.05, 4.69) is 10.6 Å². The molecular weight excluding hydrogens is 190 g/mol. The minimum Gasteiger partial charge on any atom is -0.333 e. The fourth-order valence-corrected chi connectivity index (χ4v) is 2.49. The van der Waals surface area contributed by atoms with Crippen LogP contribution >= 0.6 is 0 Å². The summed E-state index contributed by atoms with van der Waals surface area (Å²) >= 11 is 0. The predicted molar refractivity (Wildman–Crippen MR) is 59.8 cm³/mol. The number of amides is 2. The molecule has 2 atom stereocenters. The first-order valence-corrected chi connectivity index (χ1v) is 5.77. The Morgan fingerprint density at radius 2 is 2.13 bits per heavy atom. The van der Waals surface area contributed by atoms with Crippen molar-refractivity contribution in [3.05, 3.63) is 0 Å². The Balaban J connectivity index is 1.96. The molecule has 2 aliphatic rings. The summed E-state index contributed by atoms with van der Waals surface area (Å²) in [7, 11) is 0. The van der Waals surface area contributed by atoms with E-state index in [0.29, 0.717) is 12.0 Å². The van der Waals surface area contributed by atoms with Crippen LogP contribution in [0.1, 0.15) is 27.2 Å². The van der Waals surface area contributed by atoms with Crippen molar-refractivity contribution in [3.63, 3.8) is 0 Å². The van der Waals surface area contributed by atoms with Gasteiger partial charge in [0.25, 0.3) is 0 Å². The van der Waals surface area contributed by atoms with Gasteiger partial charge < -0.3 is 15.5 Å². The minimum atomic E-state index is -0.138. The van der Waals surface area contributed by atoms with Crippen LogP contribution in [0.5, 0.6) is 0 Å². The second kappa shape index (κ2) is 3.67. The topological polar surface area (TPSA) is 44.4 Å². The maximum Gasteiger partial charge on any atom is 0.318 e. The van der Waals surface area contributed by atoms with E-state index in [1.807, 2.05) is 25.7 Å². The highest BCUT2D eigenvalue weighted by Crippen LogP contribution is 2.27. The molecule has 0 saturated carbocycles. The predicted octanol–water partition coefficient (Wildman–Crippen LogP) is 0.788. The summed E-state index contributed by atoms with van der Waals surface area (Å²) < 4.78 is 0. The first-order valence-electron chi connectivity index (χ1n) is 5.77. The van der Waals surface area contributed by atoms with Crippen LogP contribution in [0.2, 0.25) is 0 Å². The molecule has 86 valence electrons. The maximum absolute atomic E-state index is 12.0. The molecule has 0 unspecified atom stereocenters. The largest absolute Gasteiger partial charge is 0.333 e. The Bertz CT molecular complexity index is 259. The SMILES string of the molecule is CC(C)(C)NC(=O)N1CC[C@@H]2CNC[C@@H]21. The number of hydrogen-bond donors (Lipinski definition) is 2. The molecule has 0 aromatic carbocycles. The number of nitrogens with one attached hydrogen (secondary N) is 2. The fourth-order valence-electron chi connectivity index (χ4n) is 2.49. The molecule has 2 heterocycles. The Kier molecular flexibility index (Phi) is 2.63. The molecular formula is C11H21N3O. The van der Waals surface area contributed by atoms with Crippen molar-refractivity contribution in [2.45, 2.75) is 38.8 Å². The monoisotopic (exact) mass is 211 g/mol. The molecule has 2 amide bonds. The molecule has 0 bridgehead atoms. The van der Waals surface area contributed by atoms with Crippen molar-refractivity contribution >= 4 is 6.03 Å². The normalized spacial score (nSPS) is 30.5. The zero-order valence-electron chi connectivity index (χ0n) is 9.84. The van der Waals surface area contributed by atoms with Gasteiger partial charge in [0.15, 0.2) is 0 Å². The van der Waals surface area contributed by atoms with Gasteiger partial charge in [0.05, 0.1) is 0 Å². The van der Waals surface area contributed by atoms with Crippen molar-refractivity contribution in [3.8, 4) is 0 Å². The highest BCUT2D eigenvalue weighted by molar-refractivity contribution is 5.75. The van der Waals surface area contributed by atoms with Gasteiger partial charge >= 0.3 is 6.03 Å². The van der Waals surface area contributed by atoms with Crippen LogP contribution in [-0.2, 0) is 0 Å².